The topological polar surface area (TPSA) is 92.2 Å². The van der Waals surface area contributed by atoms with Crippen LogP contribution in [0.3, 0.4) is 0 Å². The highest BCUT2D eigenvalue weighted by molar-refractivity contribution is 5.78. The fraction of sp³-hybridized carbons (Fsp3) is 0.733. The van der Waals surface area contributed by atoms with Gasteiger partial charge in [-0.2, -0.15) is 10.2 Å². The van der Waals surface area contributed by atoms with Crippen LogP contribution in [0, 0.1) is 11.3 Å². The first-order valence-corrected chi connectivity index (χ1v) is 7.77. The third kappa shape index (κ3) is 2.83. The molecule has 2 heterocycles. The average molecular weight is 304 g/mol. The van der Waals surface area contributed by atoms with Gasteiger partial charge in [-0.3, -0.25) is 4.79 Å². The van der Waals surface area contributed by atoms with Gasteiger partial charge in [0.2, 0.25) is 11.8 Å². The van der Waals surface area contributed by atoms with Crippen molar-refractivity contribution >= 4 is 5.91 Å². The molecule has 7 heteroatoms. The van der Waals surface area contributed by atoms with E-state index in [2.05, 4.69) is 16.2 Å². The van der Waals surface area contributed by atoms with Crippen LogP contribution >= 0.6 is 0 Å². The summed E-state index contributed by atoms with van der Waals surface area (Å²) in [7, 11) is 0. The van der Waals surface area contributed by atoms with Crippen LogP contribution < -0.4 is 0 Å². The number of carbonyl (C=O) groups is 1. The highest BCUT2D eigenvalue weighted by Crippen LogP contribution is 2.39. The number of hydrogen-bond donors (Lipinski definition) is 0. The smallest absolute Gasteiger partial charge is 0.247 e. The molecule has 1 aliphatic heterocycles. The second-order valence-corrected chi connectivity index (χ2v) is 6.11. The van der Waals surface area contributed by atoms with E-state index in [4.69, 9.17) is 9.26 Å². The number of hydrogen-bond acceptors (Lipinski definition) is 6. The molecule has 0 spiro atoms. The lowest BCUT2D eigenvalue weighted by molar-refractivity contribution is -0.137. The van der Waals surface area contributed by atoms with Crippen LogP contribution in [-0.2, 0) is 21.4 Å². The Morgan fingerprint density at radius 3 is 2.95 bits per heavy atom. The first-order valence-electron chi connectivity index (χ1n) is 7.77. The fourth-order valence-electron chi connectivity index (χ4n) is 3.16. The minimum Gasteiger partial charge on any atom is -0.375 e. The number of amides is 1. The third-order valence-electron chi connectivity index (χ3n) is 4.45. The monoisotopic (exact) mass is 304 g/mol. The summed E-state index contributed by atoms with van der Waals surface area (Å²) < 4.78 is 10.7. The molecule has 1 aromatic rings. The van der Waals surface area contributed by atoms with Crippen LogP contribution in [0.1, 0.15) is 44.3 Å². The number of morpholine rings is 1. The fourth-order valence-corrected chi connectivity index (χ4v) is 3.16. The van der Waals surface area contributed by atoms with Crippen LogP contribution in [0.15, 0.2) is 4.52 Å². The van der Waals surface area contributed by atoms with Gasteiger partial charge >= 0.3 is 0 Å². The zero-order chi connectivity index (χ0) is 15.6. The predicted molar refractivity (Wildman–Crippen MR) is 75.8 cm³/mol. The Morgan fingerprint density at radius 1 is 1.50 bits per heavy atom. The predicted octanol–water partition coefficient (Wildman–Crippen LogP) is 1.19. The number of carbonyl (C=O) groups excluding carboxylic acids is 1. The molecule has 1 saturated heterocycles. The molecule has 3 rings (SSSR count). The molecule has 1 amide bonds. The van der Waals surface area contributed by atoms with E-state index in [-0.39, 0.29) is 18.4 Å². The molecular weight excluding hydrogens is 284 g/mol. The Balaban J connectivity index is 1.67. The standard InChI is InChI=1S/C15H20N4O3/c1-11-9-19(6-7-21-11)13(20)8-12-17-14(22-18-12)15(10-16)4-2-3-5-15/h11H,2-9H2,1H3/t11-/m0/s1. The third-order valence-corrected chi connectivity index (χ3v) is 4.45. The van der Waals surface area contributed by atoms with Crippen LogP contribution in [0.5, 0.6) is 0 Å². The summed E-state index contributed by atoms with van der Waals surface area (Å²) in [5, 5.41) is 13.3. The number of rotatable bonds is 3. The molecule has 0 bridgehead atoms. The zero-order valence-corrected chi connectivity index (χ0v) is 12.7. The van der Waals surface area contributed by atoms with E-state index in [9.17, 15) is 10.1 Å². The first kappa shape index (κ1) is 15.0. The van der Waals surface area contributed by atoms with Gasteiger partial charge in [-0.15, -0.1) is 0 Å². The van der Waals surface area contributed by atoms with Gasteiger partial charge in [0.15, 0.2) is 5.82 Å². The van der Waals surface area contributed by atoms with Gasteiger partial charge in [0.05, 0.1) is 25.2 Å². The lowest BCUT2D eigenvalue weighted by atomic mass is 9.88. The lowest BCUT2D eigenvalue weighted by Gasteiger charge is -2.30. The number of aromatic nitrogens is 2. The Kier molecular flexibility index (Phi) is 4.12. The van der Waals surface area contributed by atoms with Crippen molar-refractivity contribution < 1.29 is 14.1 Å². The summed E-state index contributed by atoms with van der Waals surface area (Å²) in [6.07, 6.45) is 3.66. The molecule has 0 unspecified atom stereocenters. The van der Waals surface area contributed by atoms with Crippen molar-refractivity contribution in [1.82, 2.24) is 15.0 Å². The number of nitriles is 1. The van der Waals surface area contributed by atoms with E-state index in [0.717, 1.165) is 25.7 Å². The average Bonchev–Trinajstić information content (AvgIpc) is 3.16. The van der Waals surface area contributed by atoms with Gasteiger partial charge in [-0.05, 0) is 19.8 Å². The SMILES string of the molecule is C[C@H]1CN(C(=O)Cc2noc(C3(C#N)CCCC3)n2)CCO1. The quantitative estimate of drug-likeness (QED) is 0.833. The molecule has 1 aliphatic carbocycles. The second-order valence-electron chi connectivity index (χ2n) is 6.11. The summed E-state index contributed by atoms with van der Waals surface area (Å²) in [5.41, 5.74) is -0.651. The molecule has 7 nitrogen and oxygen atoms in total. The van der Waals surface area contributed by atoms with Crippen molar-refractivity contribution in [3.8, 4) is 6.07 Å². The Bertz CT molecular complexity index is 586. The Hall–Kier alpha value is -1.94. The Morgan fingerprint density at radius 2 is 2.27 bits per heavy atom. The molecule has 0 radical (unpaired) electrons. The van der Waals surface area contributed by atoms with Gasteiger partial charge < -0.3 is 14.2 Å². The molecule has 1 aromatic heterocycles. The van der Waals surface area contributed by atoms with E-state index >= 15 is 0 Å². The second kappa shape index (κ2) is 6.05. The van der Waals surface area contributed by atoms with Crippen LogP contribution in [-0.4, -0.2) is 46.7 Å². The normalized spacial score (nSPS) is 24.2. The van der Waals surface area contributed by atoms with Crippen molar-refractivity contribution in [2.45, 2.75) is 50.5 Å². The van der Waals surface area contributed by atoms with Crippen LogP contribution in [0.25, 0.3) is 0 Å². The maximum atomic E-state index is 12.3. The van der Waals surface area contributed by atoms with E-state index in [1.807, 2.05) is 6.92 Å². The van der Waals surface area contributed by atoms with E-state index in [1.54, 1.807) is 4.90 Å². The molecular formula is C15H20N4O3. The molecule has 2 aliphatic rings. The van der Waals surface area contributed by atoms with Gasteiger partial charge in [0, 0.05) is 13.1 Å². The summed E-state index contributed by atoms with van der Waals surface area (Å²) in [6.45, 7) is 3.69. The van der Waals surface area contributed by atoms with E-state index < -0.39 is 5.41 Å². The number of nitrogens with zero attached hydrogens (tertiary/aromatic N) is 4. The largest absolute Gasteiger partial charge is 0.375 e. The molecule has 0 N–H and O–H groups in total. The zero-order valence-electron chi connectivity index (χ0n) is 12.7. The van der Waals surface area contributed by atoms with Gasteiger partial charge in [-0.1, -0.05) is 18.0 Å². The van der Waals surface area contributed by atoms with Gasteiger partial charge in [-0.25, -0.2) is 0 Å². The van der Waals surface area contributed by atoms with Crippen molar-refractivity contribution in [3.05, 3.63) is 11.7 Å². The maximum absolute atomic E-state index is 12.3. The Labute approximate surface area is 129 Å². The lowest BCUT2D eigenvalue weighted by Crippen LogP contribution is -2.45. The van der Waals surface area contributed by atoms with Crippen LogP contribution in [0.4, 0.5) is 0 Å². The highest BCUT2D eigenvalue weighted by atomic mass is 16.5. The summed E-state index contributed by atoms with van der Waals surface area (Å²) in [6, 6.07) is 2.32. The summed E-state index contributed by atoms with van der Waals surface area (Å²) >= 11 is 0. The first-order chi connectivity index (χ1) is 10.6. The molecule has 1 atom stereocenters. The van der Waals surface area contributed by atoms with Crippen molar-refractivity contribution in [1.29, 1.82) is 5.26 Å². The summed E-state index contributed by atoms with van der Waals surface area (Å²) in [4.78, 5) is 18.4. The van der Waals surface area contributed by atoms with E-state index in [0.29, 0.717) is 31.4 Å². The minimum atomic E-state index is -0.651. The molecule has 1 saturated carbocycles. The molecule has 2 fully saturated rings. The van der Waals surface area contributed by atoms with Crippen LogP contribution in [0.2, 0.25) is 0 Å². The van der Waals surface area contributed by atoms with Crippen molar-refractivity contribution in [2.75, 3.05) is 19.7 Å². The van der Waals surface area contributed by atoms with Crippen molar-refractivity contribution in [2.24, 2.45) is 0 Å². The highest BCUT2D eigenvalue weighted by Gasteiger charge is 2.41. The molecule has 22 heavy (non-hydrogen) atoms. The summed E-state index contributed by atoms with van der Waals surface area (Å²) in [5.74, 6) is 0.700. The number of ether oxygens (including phenoxy) is 1. The molecule has 118 valence electrons. The van der Waals surface area contributed by atoms with E-state index in [1.165, 1.54) is 0 Å². The maximum Gasteiger partial charge on any atom is 0.247 e. The molecule has 0 aromatic carbocycles. The van der Waals surface area contributed by atoms with Gasteiger partial charge in [0.25, 0.3) is 0 Å². The van der Waals surface area contributed by atoms with Gasteiger partial charge in [0.1, 0.15) is 5.41 Å². The van der Waals surface area contributed by atoms with Crippen molar-refractivity contribution in [3.63, 3.8) is 0 Å². The minimum absolute atomic E-state index is 0.0278.